The average molecular weight is 466 g/mol. The molecule has 0 radical (unpaired) electrons. The van der Waals surface area contributed by atoms with Crippen molar-refractivity contribution in [2.24, 2.45) is 11.8 Å². The van der Waals surface area contributed by atoms with Gasteiger partial charge in [-0.15, -0.1) is 0 Å². The Morgan fingerprint density at radius 2 is 1.79 bits per heavy atom. The molecule has 0 bridgehead atoms. The van der Waals surface area contributed by atoms with Gasteiger partial charge in [0.05, 0.1) is 11.5 Å². The first-order chi connectivity index (χ1) is 16.5. The summed E-state index contributed by atoms with van der Waals surface area (Å²) >= 11 is 0. The van der Waals surface area contributed by atoms with Crippen molar-refractivity contribution < 1.29 is 23.5 Å². The van der Waals surface area contributed by atoms with E-state index in [0.717, 1.165) is 5.56 Å². The number of fused-ring (bicyclic) bond motifs is 2. The molecule has 1 saturated heterocycles. The van der Waals surface area contributed by atoms with Gasteiger partial charge in [0.2, 0.25) is 5.91 Å². The maximum absolute atomic E-state index is 14.0. The molecule has 0 aromatic heterocycles. The van der Waals surface area contributed by atoms with Gasteiger partial charge in [-0.3, -0.25) is 14.4 Å². The molecule has 2 aliphatic heterocycles. The van der Waals surface area contributed by atoms with Gasteiger partial charge in [0.1, 0.15) is 18.5 Å². The fourth-order valence-corrected chi connectivity index (χ4v) is 5.45. The van der Waals surface area contributed by atoms with Crippen molar-refractivity contribution in [3.05, 3.63) is 64.7 Å². The van der Waals surface area contributed by atoms with Gasteiger partial charge in [0.25, 0.3) is 11.8 Å². The SMILES string of the molecule is CCC(=O)N1C[C@@H]2[C@H](C1)[C@H]2NC(=O)c1cc(C(=O)NC)c2c(c1)[C@@H](c1ccccc1)[C@H](CF)O2. The first-order valence-electron chi connectivity index (χ1n) is 11.7. The number of carbonyl (C=O) groups excluding carboxylic acids is 3. The van der Waals surface area contributed by atoms with Crippen LogP contribution in [0.4, 0.5) is 4.39 Å². The third kappa shape index (κ3) is 3.71. The fraction of sp³-hybridized carbons (Fsp3) is 0.423. The van der Waals surface area contributed by atoms with Crippen LogP contribution in [0.2, 0.25) is 0 Å². The second-order valence-corrected chi connectivity index (χ2v) is 9.20. The van der Waals surface area contributed by atoms with E-state index in [1.54, 1.807) is 6.07 Å². The van der Waals surface area contributed by atoms with E-state index in [9.17, 15) is 18.8 Å². The number of piperidine rings is 1. The number of benzene rings is 2. The van der Waals surface area contributed by atoms with Gasteiger partial charge in [0.15, 0.2) is 0 Å². The molecule has 1 aliphatic carbocycles. The fourth-order valence-electron chi connectivity index (χ4n) is 5.45. The van der Waals surface area contributed by atoms with Crippen molar-refractivity contribution >= 4 is 17.7 Å². The molecule has 2 N–H and O–H groups in total. The number of amides is 3. The molecule has 3 aliphatic rings. The van der Waals surface area contributed by atoms with E-state index in [2.05, 4.69) is 10.6 Å². The quantitative estimate of drug-likeness (QED) is 0.686. The van der Waals surface area contributed by atoms with Crippen LogP contribution in [0, 0.1) is 11.8 Å². The van der Waals surface area contributed by atoms with Crippen LogP contribution in [0.1, 0.15) is 51.1 Å². The summed E-state index contributed by atoms with van der Waals surface area (Å²) in [5.74, 6) is -0.103. The van der Waals surface area contributed by atoms with Crippen LogP contribution in [0.5, 0.6) is 5.75 Å². The summed E-state index contributed by atoms with van der Waals surface area (Å²) in [5.41, 5.74) is 2.06. The van der Waals surface area contributed by atoms with E-state index >= 15 is 0 Å². The van der Waals surface area contributed by atoms with Crippen LogP contribution in [0.3, 0.4) is 0 Å². The van der Waals surface area contributed by atoms with Crippen LogP contribution in [0.25, 0.3) is 0 Å². The molecule has 178 valence electrons. The molecule has 3 amide bonds. The van der Waals surface area contributed by atoms with Crippen LogP contribution < -0.4 is 15.4 Å². The highest BCUT2D eigenvalue weighted by molar-refractivity contribution is 6.02. The minimum Gasteiger partial charge on any atom is -0.486 e. The number of hydrogen-bond donors (Lipinski definition) is 2. The molecule has 2 aromatic rings. The summed E-state index contributed by atoms with van der Waals surface area (Å²) in [4.78, 5) is 39.7. The highest BCUT2D eigenvalue weighted by Crippen LogP contribution is 2.47. The highest BCUT2D eigenvalue weighted by Gasteiger charge is 2.57. The molecular weight excluding hydrogens is 437 g/mol. The Morgan fingerprint density at radius 3 is 2.41 bits per heavy atom. The predicted octanol–water partition coefficient (Wildman–Crippen LogP) is 2.51. The van der Waals surface area contributed by atoms with Crippen molar-refractivity contribution in [1.29, 1.82) is 0 Å². The molecule has 8 heteroatoms. The number of rotatable bonds is 6. The van der Waals surface area contributed by atoms with Crippen molar-refractivity contribution in [3.63, 3.8) is 0 Å². The largest absolute Gasteiger partial charge is 0.486 e. The monoisotopic (exact) mass is 465 g/mol. The number of nitrogens with one attached hydrogen (secondary N) is 2. The third-order valence-electron chi connectivity index (χ3n) is 7.29. The molecule has 34 heavy (non-hydrogen) atoms. The summed E-state index contributed by atoms with van der Waals surface area (Å²) in [6.45, 7) is 2.46. The normalized spacial score (nSPS) is 26.3. The molecule has 5 rings (SSSR count). The molecule has 2 fully saturated rings. The van der Waals surface area contributed by atoms with Crippen LogP contribution in [-0.4, -0.2) is 61.6 Å². The standard InChI is InChI=1S/C26H28FN3O4/c1-3-21(31)30-12-18-19(13-30)23(18)29-25(32)15-9-16-22(14-7-5-4-6-8-14)20(11-27)34-24(16)17(10-15)26(33)28-2/h4-10,18-20,22-23H,3,11-13H2,1-2H3,(H,28,33)(H,29,32)/t18-,19+,20-,22+,23+/m0/s1. The van der Waals surface area contributed by atoms with E-state index < -0.39 is 24.6 Å². The van der Waals surface area contributed by atoms with Gasteiger partial charge < -0.3 is 20.3 Å². The predicted molar refractivity (Wildman–Crippen MR) is 124 cm³/mol. The van der Waals surface area contributed by atoms with Crippen LogP contribution >= 0.6 is 0 Å². The van der Waals surface area contributed by atoms with Gasteiger partial charge in [0, 0.05) is 55.6 Å². The Kier molecular flexibility index (Phi) is 5.75. The van der Waals surface area contributed by atoms with Crippen molar-refractivity contribution in [2.75, 3.05) is 26.8 Å². The zero-order valence-electron chi connectivity index (χ0n) is 19.2. The lowest BCUT2D eigenvalue weighted by molar-refractivity contribution is -0.130. The minimum absolute atomic E-state index is 0.0184. The lowest BCUT2D eigenvalue weighted by Crippen LogP contribution is -2.37. The zero-order valence-corrected chi connectivity index (χ0v) is 19.2. The number of carbonyl (C=O) groups is 3. The second-order valence-electron chi connectivity index (χ2n) is 9.20. The van der Waals surface area contributed by atoms with E-state index in [1.165, 1.54) is 13.1 Å². The number of halogens is 1. The van der Waals surface area contributed by atoms with Gasteiger partial charge in [-0.05, 0) is 17.7 Å². The number of likely N-dealkylation sites (tertiary alicyclic amines) is 1. The van der Waals surface area contributed by atoms with Gasteiger partial charge >= 0.3 is 0 Å². The maximum Gasteiger partial charge on any atom is 0.254 e. The summed E-state index contributed by atoms with van der Waals surface area (Å²) in [6, 6.07) is 12.7. The number of alkyl halides is 1. The van der Waals surface area contributed by atoms with Crippen molar-refractivity contribution in [1.82, 2.24) is 15.5 Å². The van der Waals surface area contributed by atoms with Gasteiger partial charge in [-0.1, -0.05) is 37.3 Å². The molecule has 2 aromatic carbocycles. The number of hydrogen-bond acceptors (Lipinski definition) is 4. The van der Waals surface area contributed by atoms with Crippen molar-refractivity contribution in [3.8, 4) is 5.75 Å². The summed E-state index contributed by atoms with van der Waals surface area (Å²) in [5, 5.41) is 5.67. The van der Waals surface area contributed by atoms with E-state index in [-0.39, 0.29) is 35.3 Å². The van der Waals surface area contributed by atoms with Crippen LogP contribution in [-0.2, 0) is 4.79 Å². The molecule has 2 heterocycles. The van der Waals surface area contributed by atoms with Crippen molar-refractivity contribution in [2.45, 2.75) is 31.4 Å². The number of ether oxygens (including phenoxy) is 1. The maximum atomic E-state index is 14.0. The third-order valence-corrected chi connectivity index (χ3v) is 7.29. The Labute approximate surface area is 197 Å². The summed E-state index contributed by atoms with van der Waals surface area (Å²) in [6.07, 6.45) is -0.290. The Balaban J connectivity index is 1.43. The summed E-state index contributed by atoms with van der Waals surface area (Å²) < 4.78 is 19.9. The van der Waals surface area contributed by atoms with Gasteiger partial charge in [-0.25, -0.2) is 4.39 Å². The molecule has 0 unspecified atom stereocenters. The smallest absolute Gasteiger partial charge is 0.254 e. The topological polar surface area (TPSA) is 87.7 Å². The van der Waals surface area contributed by atoms with E-state index in [1.807, 2.05) is 42.2 Å². The summed E-state index contributed by atoms with van der Waals surface area (Å²) in [7, 11) is 1.51. The molecular formula is C26H28FN3O4. The average Bonchev–Trinajstić information content (AvgIpc) is 3.20. The van der Waals surface area contributed by atoms with Gasteiger partial charge in [-0.2, -0.15) is 0 Å². The zero-order chi connectivity index (χ0) is 24.0. The molecule has 0 spiro atoms. The van der Waals surface area contributed by atoms with Crippen LogP contribution in [0.15, 0.2) is 42.5 Å². The second kappa shape index (κ2) is 8.74. The lowest BCUT2D eigenvalue weighted by atomic mass is 9.86. The number of nitrogens with zero attached hydrogens (tertiary/aromatic N) is 1. The molecule has 5 atom stereocenters. The molecule has 1 saturated carbocycles. The lowest BCUT2D eigenvalue weighted by Gasteiger charge is -2.20. The Morgan fingerprint density at radius 1 is 1.09 bits per heavy atom. The van der Waals surface area contributed by atoms with E-state index in [0.29, 0.717) is 36.4 Å². The minimum atomic E-state index is -0.774. The Hall–Kier alpha value is -3.42. The van der Waals surface area contributed by atoms with E-state index in [4.69, 9.17) is 4.74 Å². The first kappa shape index (κ1) is 22.4. The molecule has 7 nitrogen and oxygen atoms in total. The Bertz CT molecular complexity index is 1130. The first-order valence-corrected chi connectivity index (χ1v) is 11.7. The highest BCUT2D eigenvalue weighted by atomic mass is 19.1.